The highest BCUT2D eigenvalue weighted by Crippen LogP contribution is 2.75. The fraction of sp³-hybridized carbons (Fsp3) is 0.286. The minimum Gasteiger partial charge on any atom is -0.0477 e. The summed E-state index contributed by atoms with van der Waals surface area (Å²) in [6.45, 7) is 4.29. The summed E-state index contributed by atoms with van der Waals surface area (Å²) in [5.41, 5.74) is 2.69. The SMILES string of the molecule is CC1=CC(P(Br)Br)=P(Br)(Br)C=C1C. The molecule has 0 aliphatic carbocycles. The van der Waals surface area contributed by atoms with Gasteiger partial charge in [0, 0.05) is 9.33 Å². The van der Waals surface area contributed by atoms with Crippen molar-refractivity contribution in [3.8, 4) is 0 Å². The van der Waals surface area contributed by atoms with Crippen LogP contribution in [0.3, 0.4) is 0 Å². The summed E-state index contributed by atoms with van der Waals surface area (Å²) >= 11 is 14.7. The molecule has 74 valence electrons. The van der Waals surface area contributed by atoms with E-state index in [4.69, 9.17) is 0 Å². The number of hydrogen-bond donors (Lipinski definition) is 0. The summed E-state index contributed by atoms with van der Waals surface area (Å²) in [5, 5.41) is 1.02. The molecule has 0 atom stereocenters. The van der Waals surface area contributed by atoms with Crippen LogP contribution in [0, 0.1) is 0 Å². The largest absolute Gasteiger partial charge is 0.0674 e. The highest BCUT2D eigenvalue weighted by molar-refractivity contribution is 9.75. The minimum atomic E-state index is -1.36. The fourth-order valence-corrected chi connectivity index (χ4v) is 21.5. The summed E-state index contributed by atoms with van der Waals surface area (Å²) in [7, 11) is 0. The average molecular weight is 474 g/mol. The molecule has 6 heteroatoms. The number of halogens is 4. The second kappa shape index (κ2) is 4.97. The Morgan fingerprint density at radius 1 is 1.15 bits per heavy atom. The first-order valence-corrected chi connectivity index (χ1v) is 14.8. The molecule has 0 saturated carbocycles. The van der Waals surface area contributed by atoms with Crippen LogP contribution >= 0.6 is 71.6 Å². The molecule has 0 spiro atoms. The van der Waals surface area contributed by atoms with E-state index in [1.807, 2.05) is 0 Å². The van der Waals surface area contributed by atoms with Crippen LogP contribution in [0.1, 0.15) is 13.8 Å². The van der Waals surface area contributed by atoms with E-state index in [0.717, 1.165) is 0 Å². The molecule has 0 aromatic carbocycles. The van der Waals surface area contributed by atoms with Gasteiger partial charge in [0.2, 0.25) is 0 Å². The van der Waals surface area contributed by atoms with Crippen molar-refractivity contribution in [3.63, 3.8) is 0 Å². The Labute approximate surface area is 112 Å². The first kappa shape index (κ1) is 13.2. The number of rotatable bonds is 1. The standard InChI is InChI=1S/C7H8Br4P2/c1-5-3-7(12(8)9)13(10,11)4-6(5)2/h3-4H,1-2H3. The van der Waals surface area contributed by atoms with Crippen LogP contribution in [0.5, 0.6) is 0 Å². The van der Waals surface area contributed by atoms with Gasteiger partial charge >= 0.3 is 0 Å². The lowest BCUT2D eigenvalue weighted by molar-refractivity contribution is 1.37. The van der Waals surface area contributed by atoms with E-state index < -0.39 is 4.29 Å². The van der Waals surface area contributed by atoms with Crippen molar-refractivity contribution in [3.05, 3.63) is 23.0 Å². The van der Waals surface area contributed by atoms with Crippen molar-refractivity contribution in [1.29, 1.82) is 0 Å². The van der Waals surface area contributed by atoms with Gasteiger partial charge in [0.15, 0.2) is 0 Å². The normalized spacial score (nSPS) is 21.6. The van der Waals surface area contributed by atoms with Crippen molar-refractivity contribution < 1.29 is 0 Å². The zero-order valence-corrected chi connectivity index (χ0v) is 15.2. The van der Waals surface area contributed by atoms with Gasteiger partial charge in [-0.2, -0.15) is 0 Å². The average Bonchev–Trinajstić information content (AvgIpc) is 1.95. The topological polar surface area (TPSA) is 0 Å². The maximum absolute atomic E-state index is 3.75. The molecule has 0 amide bonds. The smallest absolute Gasteiger partial charge is 0.0477 e. The summed E-state index contributed by atoms with van der Waals surface area (Å²) in [6.07, 6.45) is 2.25. The quantitative estimate of drug-likeness (QED) is 0.371. The summed E-state index contributed by atoms with van der Waals surface area (Å²) in [5.74, 6) is 2.29. The van der Waals surface area contributed by atoms with Crippen molar-refractivity contribution in [2.75, 3.05) is 0 Å². The Kier molecular flexibility index (Phi) is 5.05. The summed E-state index contributed by atoms with van der Waals surface area (Å²) in [6, 6.07) is 0. The van der Waals surface area contributed by atoms with Crippen LogP contribution in [0.2, 0.25) is 0 Å². The van der Waals surface area contributed by atoms with E-state index in [0.29, 0.717) is 0 Å². The lowest BCUT2D eigenvalue weighted by atomic mass is 10.1. The monoisotopic (exact) mass is 470 g/mol. The second-order valence-corrected chi connectivity index (χ2v) is 22.6. The fourth-order valence-electron chi connectivity index (χ4n) is 0.954. The van der Waals surface area contributed by atoms with Gasteiger partial charge in [-0.15, -0.1) is 0 Å². The number of hydrogen-bond acceptors (Lipinski definition) is 0. The van der Waals surface area contributed by atoms with Gasteiger partial charge < -0.3 is 0 Å². The van der Waals surface area contributed by atoms with Gasteiger partial charge in [0.05, 0.1) is 5.33 Å². The molecule has 1 rings (SSSR count). The predicted molar refractivity (Wildman–Crippen MR) is 82.1 cm³/mol. The molecule has 13 heavy (non-hydrogen) atoms. The highest BCUT2D eigenvalue weighted by atomic mass is 79.9. The summed E-state index contributed by atoms with van der Waals surface area (Å²) < 4.78 is -1.36. The van der Waals surface area contributed by atoms with Crippen LogP contribution < -0.4 is 0 Å². The van der Waals surface area contributed by atoms with Gasteiger partial charge in [-0.3, -0.25) is 0 Å². The van der Waals surface area contributed by atoms with E-state index in [2.05, 4.69) is 87.7 Å². The van der Waals surface area contributed by atoms with E-state index in [-0.39, 0.29) is 5.33 Å². The molecule has 0 N–H and O–H groups in total. The second-order valence-electron chi connectivity index (χ2n) is 2.79. The van der Waals surface area contributed by atoms with Gasteiger partial charge in [0.1, 0.15) is 0 Å². The van der Waals surface area contributed by atoms with Crippen molar-refractivity contribution >= 4 is 76.6 Å². The van der Waals surface area contributed by atoms with Gasteiger partial charge in [-0.05, 0) is 98.8 Å². The first-order valence-electron chi connectivity index (χ1n) is 3.50. The molecule has 0 nitrogen and oxygen atoms in total. The molecule has 0 radical (unpaired) electrons. The van der Waals surface area contributed by atoms with E-state index in [1.165, 1.54) is 16.2 Å². The number of allylic oxidation sites excluding steroid dienone is 3. The van der Waals surface area contributed by atoms with Crippen LogP contribution in [0.25, 0.3) is 0 Å². The van der Waals surface area contributed by atoms with Crippen LogP contribution in [0.15, 0.2) is 23.0 Å². The van der Waals surface area contributed by atoms with Crippen LogP contribution in [-0.4, -0.2) is 5.03 Å². The highest BCUT2D eigenvalue weighted by Gasteiger charge is 2.21. The zero-order valence-electron chi connectivity index (χ0n) is 7.06. The summed E-state index contributed by atoms with van der Waals surface area (Å²) in [4.78, 5) is 0. The molecule has 0 aromatic rings. The molecule has 0 unspecified atom stereocenters. The molecule has 0 aromatic heterocycles. The maximum atomic E-state index is 3.75. The van der Waals surface area contributed by atoms with Crippen molar-refractivity contribution in [2.24, 2.45) is 0 Å². The maximum Gasteiger partial charge on any atom is 0.0674 e. The Morgan fingerprint density at radius 3 is 2.15 bits per heavy atom. The molecule has 0 fully saturated rings. The third-order valence-electron chi connectivity index (χ3n) is 1.80. The first-order chi connectivity index (χ1) is 5.84. The Balaban J connectivity index is 3.33. The van der Waals surface area contributed by atoms with Crippen LogP contribution in [0.4, 0.5) is 0 Å². The van der Waals surface area contributed by atoms with Crippen LogP contribution in [-0.2, 0) is 0 Å². The molecule has 1 aliphatic heterocycles. The van der Waals surface area contributed by atoms with Gasteiger partial charge in [0.25, 0.3) is 0 Å². The Morgan fingerprint density at radius 2 is 1.69 bits per heavy atom. The molecule has 1 aliphatic rings. The van der Waals surface area contributed by atoms with Gasteiger partial charge in [-0.25, -0.2) is 0 Å². The predicted octanol–water partition coefficient (Wildman–Crippen LogP) is 6.72. The molecule has 1 heterocycles. The zero-order chi connectivity index (χ0) is 10.2. The van der Waals surface area contributed by atoms with Gasteiger partial charge in [-0.1, -0.05) is 0 Å². The Hall–Kier alpha value is 2.13. The minimum absolute atomic E-state index is 0.376. The lowest BCUT2D eigenvalue weighted by Crippen LogP contribution is -1.93. The molecule has 0 saturated heterocycles. The Bertz CT molecular complexity index is 334. The molecular weight excluding hydrogens is 466 g/mol. The van der Waals surface area contributed by atoms with Crippen molar-refractivity contribution in [2.45, 2.75) is 13.8 Å². The third-order valence-corrected chi connectivity index (χ3v) is 14.4. The lowest BCUT2D eigenvalue weighted by Gasteiger charge is -2.20. The molecular formula is C7H8Br4P2. The van der Waals surface area contributed by atoms with Crippen molar-refractivity contribution in [1.82, 2.24) is 0 Å². The molecule has 0 bridgehead atoms. The third kappa shape index (κ3) is 3.29. The van der Waals surface area contributed by atoms with E-state index >= 15 is 0 Å². The van der Waals surface area contributed by atoms with E-state index in [1.54, 1.807) is 0 Å². The van der Waals surface area contributed by atoms with E-state index in [9.17, 15) is 0 Å².